The molecule has 6 N–H and O–H groups in total. The second kappa shape index (κ2) is 55.6. The number of aromatic nitrogens is 7. The maximum Gasteiger partial charge on any atom is 0.270 e. The SMILES string of the molecule is CC(F)(F)c1cccc(NC(=O)c2ccc(COc3ccccc3)nc2)c1.Cc1ccc(NC(=O)c2ccc(COc3ccccc3)nc2)c(F)c1.Cc1ccc(NC(=O)c2ccc(COc3ccccc3)nc2)cc1.O=C(Nc1cccc(Cl)c1)c1ccc(COc2ccccc2)nc1.O=C(Nc1cccc(F)c1F)c1ccc(COc2ccccc2)nc1.O=C(Nc1ncccc1F)c1ccc(COc2ccccc2)nc1. The normalized spacial score (nSPS) is 10.4. The topological polar surface area (TPSA) is 320 Å². The van der Waals surface area contributed by atoms with Crippen LogP contribution >= 0.6 is 11.6 Å². The van der Waals surface area contributed by atoms with Crippen molar-refractivity contribution in [3.05, 3.63) is 532 Å². The highest BCUT2D eigenvalue weighted by Gasteiger charge is 2.25. The van der Waals surface area contributed by atoms with Gasteiger partial charge in [0.15, 0.2) is 23.3 Å². The Morgan fingerprint density at radius 3 is 0.893 bits per heavy atom. The van der Waals surface area contributed by atoms with Crippen LogP contribution in [0.15, 0.2) is 419 Å². The monoisotopic (exact) mass is 2020 g/mol. The van der Waals surface area contributed by atoms with Gasteiger partial charge in [-0.3, -0.25) is 58.7 Å². The number of para-hydroxylation sites is 6. The number of alkyl halides is 2. The molecule has 25 nitrogen and oxygen atoms in total. The molecule has 18 aromatic rings. The number of carbonyl (C=O) groups is 6. The molecule has 7 aromatic heterocycles. The summed E-state index contributed by atoms with van der Waals surface area (Å²) in [5.41, 5.74) is 9.81. The van der Waals surface area contributed by atoms with Gasteiger partial charge in [0.05, 0.1) is 78.9 Å². The average Bonchev–Trinajstić information content (AvgIpc) is 0.843. The minimum atomic E-state index is -2.97. The molecule has 0 aliphatic carbocycles. The van der Waals surface area contributed by atoms with Gasteiger partial charge >= 0.3 is 0 Å². The predicted octanol–water partition coefficient (Wildman–Crippen LogP) is 25.8. The summed E-state index contributed by atoms with van der Waals surface area (Å²) < 4.78 is 114. The zero-order valence-corrected chi connectivity index (χ0v) is 81.0. The molecule has 6 amide bonds. The van der Waals surface area contributed by atoms with E-state index in [1.165, 1.54) is 91.8 Å². The third-order valence-corrected chi connectivity index (χ3v) is 21.1. The van der Waals surface area contributed by atoms with Crippen molar-refractivity contribution in [1.82, 2.24) is 34.9 Å². The Labute approximate surface area is 859 Å². The number of carbonyl (C=O) groups excluding carboxylic acids is 6. The van der Waals surface area contributed by atoms with Crippen molar-refractivity contribution in [3.63, 3.8) is 0 Å². The number of hydrogen-bond acceptors (Lipinski definition) is 19. The molecule has 32 heteroatoms. The maximum absolute atomic E-state index is 13.8. The van der Waals surface area contributed by atoms with E-state index in [0.29, 0.717) is 99.2 Å². The van der Waals surface area contributed by atoms with Gasteiger partial charge in [-0.1, -0.05) is 169 Å². The number of nitrogens with one attached hydrogen (secondary N) is 6. The molecule has 0 atom stereocenters. The van der Waals surface area contributed by atoms with Gasteiger partial charge in [0.25, 0.3) is 41.4 Å². The lowest BCUT2D eigenvalue weighted by atomic mass is 10.1. The summed E-state index contributed by atoms with van der Waals surface area (Å²) in [6.45, 7) is 6.45. The molecule has 0 fully saturated rings. The van der Waals surface area contributed by atoms with E-state index >= 15 is 0 Å². The number of hydrogen-bond donors (Lipinski definition) is 6. The second-order valence-corrected chi connectivity index (χ2v) is 32.8. The fourth-order valence-electron chi connectivity index (χ4n) is 13.0. The summed E-state index contributed by atoms with van der Waals surface area (Å²) in [4.78, 5) is 102. The Morgan fingerprint density at radius 1 is 0.268 bits per heavy atom. The number of aryl methyl sites for hydroxylation is 2. The van der Waals surface area contributed by atoms with Gasteiger partial charge in [0.1, 0.15) is 80.0 Å². The highest BCUT2D eigenvalue weighted by Crippen LogP contribution is 2.30. The predicted molar refractivity (Wildman–Crippen MR) is 558 cm³/mol. The number of nitrogens with zero attached hydrogens (tertiary/aromatic N) is 7. The number of amides is 6. The zero-order chi connectivity index (χ0) is 105. The zero-order valence-electron chi connectivity index (χ0n) is 80.3. The number of halogens is 7. The van der Waals surface area contributed by atoms with Gasteiger partial charge in [0.2, 0.25) is 0 Å². The number of ether oxygens (including phenoxy) is 6. The van der Waals surface area contributed by atoms with Crippen LogP contribution in [0, 0.1) is 37.1 Å². The molecule has 0 aliphatic heterocycles. The summed E-state index contributed by atoms with van der Waals surface area (Å²) in [7, 11) is 0. The first-order chi connectivity index (χ1) is 72.3. The molecule has 0 radical (unpaired) electrons. The number of pyridine rings is 7. The number of benzene rings is 11. The van der Waals surface area contributed by atoms with E-state index in [4.69, 9.17) is 40.0 Å². The molecule has 0 saturated heterocycles. The molecule has 0 saturated carbocycles. The first-order valence-corrected chi connectivity index (χ1v) is 46.4. The number of anilines is 6. The Kier molecular flexibility index (Phi) is 40.0. The third kappa shape index (κ3) is 35.8. The molecular formula is C117H96ClF6N13O12. The van der Waals surface area contributed by atoms with Crippen LogP contribution in [0.5, 0.6) is 34.5 Å². The Morgan fingerprint density at radius 2 is 0.570 bits per heavy atom. The van der Waals surface area contributed by atoms with Crippen molar-refractivity contribution in [1.29, 1.82) is 0 Å². The van der Waals surface area contributed by atoms with Crippen molar-refractivity contribution >= 4 is 81.3 Å². The molecule has 149 heavy (non-hydrogen) atoms. The Bertz CT molecular complexity index is 7360. The molecule has 0 unspecified atom stereocenters. The molecule has 0 spiro atoms. The Hall–Kier alpha value is -19.0. The summed E-state index contributed by atoms with van der Waals surface area (Å²) in [5, 5.41) is 16.1. The number of rotatable bonds is 31. The van der Waals surface area contributed by atoms with E-state index in [1.807, 2.05) is 213 Å². The smallest absolute Gasteiger partial charge is 0.270 e. The van der Waals surface area contributed by atoms with E-state index < -0.39 is 52.8 Å². The summed E-state index contributed by atoms with van der Waals surface area (Å²) in [6.07, 6.45) is 10.1. The third-order valence-electron chi connectivity index (χ3n) is 20.9. The summed E-state index contributed by atoms with van der Waals surface area (Å²) in [6, 6.07) is 108. The first-order valence-electron chi connectivity index (χ1n) is 46.1. The largest absolute Gasteiger partial charge is 0.487 e. The molecule has 18 rings (SSSR count). The Balaban J connectivity index is 0.000000149. The van der Waals surface area contributed by atoms with Gasteiger partial charge in [0, 0.05) is 77.9 Å². The van der Waals surface area contributed by atoms with Gasteiger partial charge in [-0.05, 0) is 244 Å². The van der Waals surface area contributed by atoms with E-state index in [-0.39, 0.29) is 53.3 Å². The lowest BCUT2D eigenvalue weighted by Crippen LogP contribution is -2.14. The molecule has 0 aliphatic rings. The highest BCUT2D eigenvalue weighted by atomic mass is 35.5. The van der Waals surface area contributed by atoms with Crippen LogP contribution in [0.1, 0.15) is 120 Å². The lowest BCUT2D eigenvalue weighted by Gasteiger charge is -2.12. The lowest BCUT2D eigenvalue weighted by molar-refractivity contribution is 0.0174. The van der Waals surface area contributed by atoms with Gasteiger partial charge in [-0.15, -0.1) is 0 Å². The first kappa shape index (κ1) is 107. The van der Waals surface area contributed by atoms with E-state index in [0.717, 1.165) is 69.9 Å². The quantitative estimate of drug-likeness (QED) is 0.0220. The van der Waals surface area contributed by atoms with Gasteiger partial charge in [-0.2, -0.15) is 0 Å². The van der Waals surface area contributed by atoms with Crippen LogP contribution in [0.25, 0.3) is 0 Å². The van der Waals surface area contributed by atoms with Crippen molar-refractivity contribution < 1.29 is 83.5 Å². The maximum atomic E-state index is 13.8. The standard InChI is InChI=1S/C21H18F2N2O2.C20H17FN2O2.C20H18N2O2.C19H15ClN2O2.C19H14F2N2O2.C18H14FN3O2/c1-21(22,23)16-6-5-7-17(12-16)25-20(26)15-10-11-18(24-13-15)14-27-19-8-3-2-4-9-19;1-14-7-10-19(18(21)11-14)23-20(24)15-8-9-16(22-12-15)13-25-17-5-3-2-4-6-17;1-15-7-10-17(11-8-15)22-20(23)16-9-12-18(21-13-16)14-24-19-5-3-2-4-6-19;20-15-5-4-6-16(11-15)22-19(23)14-9-10-17(21-12-14)13-24-18-7-2-1-3-8-18;20-16-7-4-8-17(18(16)21)23-19(24)13-9-10-14(22-11-13)12-25-15-5-2-1-3-6-15;19-16-7-4-10-20-17(16)22-18(23)13-8-9-14(21-11-13)12-24-15-5-2-1-3-6-15/h2-13H,14H2,1H3,(H,25,26);2-12H,13H2,1H3,(H,23,24);2-13H,14H2,1H3,(H,22,23);1-12H,13H2,(H,22,23);1-11H,12H2,(H,23,24);1-11H,12H2,(H,20,22,23). The van der Waals surface area contributed by atoms with Crippen LogP contribution in [0.4, 0.5) is 60.6 Å². The van der Waals surface area contributed by atoms with E-state index in [1.54, 1.807) is 122 Å². The minimum absolute atomic E-state index is 0.112. The van der Waals surface area contributed by atoms with Crippen molar-refractivity contribution in [2.24, 2.45) is 0 Å². The fourth-order valence-corrected chi connectivity index (χ4v) is 13.2. The molecular weight excluding hydrogens is 1930 g/mol. The highest BCUT2D eigenvalue weighted by molar-refractivity contribution is 6.31. The van der Waals surface area contributed by atoms with Gasteiger partial charge < -0.3 is 60.3 Å². The van der Waals surface area contributed by atoms with Crippen LogP contribution in [-0.2, 0) is 45.6 Å². The van der Waals surface area contributed by atoms with Gasteiger partial charge in [-0.25, -0.2) is 31.3 Å². The van der Waals surface area contributed by atoms with Crippen LogP contribution in [0.3, 0.4) is 0 Å². The summed E-state index contributed by atoms with van der Waals surface area (Å²) in [5.74, 6) is -4.05. The van der Waals surface area contributed by atoms with Crippen molar-refractivity contribution in [3.8, 4) is 34.5 Å². The molecule has 750 valence electrons. The fraction of sp³-hybridized carbons (Fsp3) is 0.0855. The minimum Gasteiger partial charge on any atom is -0.487 e. The van der Waals surface area contributed by atoms with Crippen LogP contribution < -0.4 is 60.3 Å². The van der Waals surface area contributed by atoms with E-state index in [2.05, 4.69) is 66.8 Å². The second-order valence-electron chi connectivity index (χ2n) is 32.3. The molecule has 11 aromatic carbocycles. The van der Waals surface area contributed by atoms with E-state index in [9.17, 15) is 55.1 Å². The average molecular weight is 2030 g/mol. The molecule has 0 bridgehead atoms. The summed E-state index contributed by atoms with van der Waals surface area (Å²) >= 11 is 5.90. The molecule has 7 heterocycles. The van der Waals surface area contributed by atoms with Crippen molar-refractivity contribution in [2.45, 2.75) is 66.3 Å². The van der Waals surface area contributed by atoms with Crippen molar-refractivity contribution in [2.75, 3.05) is 31.9 Å². The van der Waals surface area contributed by atoms with Crippen LogP contribution in [-0.4, -0.2) is 70.3 Å². The van der Waals surface area contributed by atoms with Crippen LogP contribution in [0.2, 0.25) is 5.02 Å².